The molecule has 4 nitrogen and oxygen atoms in total. The number of rotatable bonds is 8. The zero-order chi connectivity index (χ0) is 18.4. The first kappa shape index (κ1) is 18.2. The third kappa shape index (κ3) is 4.31. The number of nitrogens with one attached hydrogen (secondary N) is 1. The summed E-state index contributed by atoms with van der Waals surface area (Å²) in [4.78, 5) is 17.2. The Balaban J connectivity index is 1.74. The molecule has 1 amide bonds. The van der Waals surface area contributed by atoms with Gasteiger partial charge >= 0.3 is 0 Å². The lowest BCUT2D eigenvalue weighted by molar-refractivity contribution is 0.0949. The van der Waals surface area contributed by atoms with E-state index in [0.717, 1.165) is 35.4 Å². The third-order valence-electron chi connectivity index (χ3n) is 4.66. The van der Waals surface area contributed by atoms with Crippen molar-refractivity contribution in [3.63, 3.8) is 0 Å². The summed E-state index contributed by atoms with van der Waals surface area (Å²) in [6.45, 7) is 5.59. The Morgan fingerprint density at radius 2 is 1.92 bits per heavy atom. The predicted octanol–water partition coefficient (Wildman–Crippen LogP) is 4.86. The van der Waals surface area contributed by atoms with E-state index in [1.54, 1.807) is 0 Å². The molecule has 0 atom stereocenters. The van der Waals surface area contributed by atoms with Crippen LogP contribution in [0.1, 0.15) is 54.4 Å². The first-order valence-corrected chi connectivity index (χ1v) is 9.48. The molecule has 136 valence electrons. The zero-order valence-electron chi connectivity index (χ0n) is 15.7. The molecular weight excluding hydrogens is 322 g/mol. The smallest absolute Gasteiger partial charge is 0.251 e. The Morgan fingerprint density at radius 3 is 2.73 bits per heavy atom. The molecule has 0 aliphatic heterocycles. The van der Waals surface area contributed by atoms with Gasteiger partial charge in [-0.15, -0.1) is 0 Å². The minimum Gasteiger partial charge on any atom is -0.345 e. The van der Waals surface area contributed by atoms with Crippen LogP contribution in [0.25, 0.3) is 11.0 Å². The molecule has 0 aliphatic rings. The molecule has 0 aliphatic carbocycles. The zero-order valence-corrected chi connectivity index (χ0v) is 15.7. The maximum absolute atomic E-state index is 12.4. The summed E-state index contributed by atoms with van der Waals surface area (Å²) in [7, 11) is 0. The molecule has 0 bridgehead atoms. The molecule has 0 saturated heterocycles. The lowest BCUT2D eigenvalue weighted by Crippen LogP contribution is -2.24. The van der Waals surface area contributed by atoms with Crippen LogP contribution in [0.3, 0.4) is 0 Å². The largest absolute Gasteiger partial charge is 0.345 e. The quantitative estimate of drug-likeness (QED) is 0.591. The molecule has 3 aromatic rings. The Hall–Kier alpha value is -2.62. The molecule has 2 aromatic carbocycles. The second-order valence-corrected chi connectivity index (χ2v) is 6.78. The average Bonchev–Trinajstić information content (AvgIpc) is 3.01. The number of carbonyl (C=O) groups is 1. The van der Waals surface area contributed by atoms with Crippen LogP contribution in [-0.4, -0.2) is 15.5 Å². The molecule has 0 saturated carbocycles. The topological polar surface area (TPSA) is 46.9 Å². The van der Waals surface area contributed by atoms with Crippen LogP contribution in [0.15, 0.2) is 48.5 Å². The van der Waals surface area contributed by atoms with Gasteiger partial charge in [-0.25, -0.2) is 4.98 Å². The van der Waals surface area contributed by atoms with Crippen LogP contribution in [0.2, 0.25) is 0 Å². The number of nitrogens with zero attached hydrogens (tertiary/aromatic N) is 2. The molecule has 0 radical (unpaired) electrons. The van der Waals surface area contributed by atoms with Gasteiger partial charge in [-0.1, -0.05) is 56.0 Å². The van der Waals surface area contributed by atoms with Gasteiger partial charge in [0.05, 0.1) is 17.6 Å². The average molecular weight is 349 g/mol. The van der Waals surface area contributed by atoms with E-state index in [1.165, 1.54) is 19.3 Å². The van der Waals surface area contributed by atoms with Crippen molar-refractivity contribution in [3.8, 4) is 0 Å². The number of imidazole rings is 1. The van der Waals surface area contributed by atoms with Crippen molar-refractivity contribution in [1.82, 2.24) is 14.9 Å². The van der Waals surface area contributed by atoms with Crippen molar-refractivity contribution in [1.29, 1.82) is 0 Å². The van der Waals surface area contributed by atoms with E-state index in [0.29, 0.717) is 12.1 Å². The van der Waals surface area contributed by atoms with Crippen molar-refractivity contribution < 1.29 is 4.79 Å². The highest BCUT2D eigenvalue weighted by molar-refractivity contribution is 5.94. The number of unbranched alkanes of at least 4 members (excludes halogenated alkanes) is 3. The van der Waals surface area contributed by atoms with E-state index < -0.39 is 0 Å². The van der Waals surface area contributed by atoms with Crippen LogP contribution < -0.4 is 5.32 Å². The molecule has 26 heavy (non-hydrogen) atoms. The van der Waals surface area contributed by atoms with Crippen molar-refractivity contribution in [2.45, 2.75) is 52.6 Å². The molecule has 0 fully saturated rings. The summed E-state index contributed by atoms with van der Waals surface area (Å²) in [5, 5.41) is 3.02. The highest BCUT2D eigenvalue weighted by atomic mass is 16.1. The van der Waals surface area contributed by atoms with Crippen LogP contribution in [-0.2, 0) is 13.1 Å². The van der Waals surface area contributed by atoms with Gasteiger partial charge in [0.15, 0.2) is 0 Å². The van der Waals surface area contributed by atoms with E-state index in [4.69, 9.17) is 4.98 Å². The van der Waals surface area contributed by atoms with Crippen LogP contribution >= 0.6 is 0 Å². The minimum atomic E-state index is -0.0571. The van der Waals surface area contributed by atoms with Gasteiger partial charge in [-0.05, 0) is 37.6 Å². The van der Waals surface area contributed by atoms with Gasteiger partial charge in [-0.3, -0.25) is 4.79 Å². The van der Waals surface area contributed by atoms with E-state index >= 15 is 0 Å². The summed E-state index contributed by atoms with van der Waals surface area (Å²) in [5.41, 5.74) is 3.91. The first-order chi connectivity index (χ1) is 12.7. The molecule has 1 heterocycles. The predicted molar refractivity (Wildman–Crippen MR) is 106 cm³/mol. The summed E-state index contributed by atoms with van der Waals surface area (Å²) < 4.78 is 2.25. The number of amides is 1. The fourth-order valence-corrected chi connectivity index (χ4v) is 3.25. The highest BCUT2D eigenvalue weighted by Gasteiger charge is 2.12. The molecule has 4 heteroatoms. The number of aryl methyl sites for hydroxylation is 2. The minimum absolute atomic E-state index is 0.0571. The van der Waals surface area contributed by atoms with Crippen LogP contribution in [0.4, 0.5) is 0 Å². The number of para-hydroxylation sites is 2. The Kier molecular flexibility index (Phi) is 6.05. The number of aromatic nitrogens is 2. The number of hydrogen-bond donors (Lipinski definition) is 1. The molecule has 0 spiro atoms. The molecule has 1 N–H and O–H groups in total. The second-order valence-electron chi connectivity index (χ2n) is 6.78. The summed E-state index contributed by atoms with van der Waals surface area (Å²) >= 11 is 0. The first-order valence-electron chi connectivity index (χ1n) is 9.48. The van der Waals surface area contributed by atoms with Crippen molar-refractivity contribution in [2.24, 2.45) is 0 Å². The van der Waals surface area contributed by atoms with Gasteiger partial charge in [0, 0.05) is 12.1 Å². The standard InChI is InChI=1S/C22H27N3O/c1-3-4-5-8-14-25-20-13-7-6-12-19(20)24-21(25)16-23-22(26)18-11-9-10-17(2)15-18/h6-7,9-13,15H,3-5,8,14,16H2,1-2H3,(H,23,26). The highest BCUT2D eigenvalue weighted by Crippen LogP contribution is 2.17. The SMILES string of the molecule is CCCCCCn1c(CNC(=O)c2cccc(C)c2)nc2ccccc21. The Labute approximate surface area is 155 Å². The van der Waals surface area contributed by atoms with E-state index in [-0.39, 0.29) is 5.91 Å². The molecule has 3 rings (SSSR count). The fourth-order valence-electron chi connectivity index (χ4n) is 3.25. The monoisotopic (exact) mass is 349 g/mol. The molecule has 1 aromatic heterocycles. The molecule has 0 unspecified atom stereocenters. The molecular formula is C22H27N3O. The number of fused-ring (bicyclic) bond motifs is 1. The maximum Gasteiger partial charge on any atom is 0.251 e. The van der Waals surface area contributed by atoms with Crippen LogP contribution in [0, 0.1) is 6.92 Å². The lowest BCUT2D eigenvalue weighted by Gasteiger charge is -2.10. The van der Waals surface area contributed by atoms with E-state index in [9.17, 15) is 4.79 Å². The summed E-state index contributed by atoms with van der Waals surface area (Å²) in [6, 6.07) is 15.8. The Morgan fingerprint density at radius 1 is 1.08 bits per heavy atom. The maximum atomic E-state index is 12.4. The van der Waals surface area contributed by atoms with Crippen LogP contribution in [0.5, 0.6) is 0 Å². The fraction of sp³-hybridized carbons (Fsp3) is 0.364. The van der Waals surface area contributed by atoms with Gasteiger partial charge in [0.2, 0.25) is 0 Å². The van der Waals surface area contributed by atoms with E-state index in [2.05, 4.69) is 22.9 Å². The van der Waals surface area contributed by atoms with Gasteiger partial charge in [0.1, 0.15) is 5.82 Å². The second kappa shape index (κ2) is 8.65. The lowest BCUT2D eigenvalue weighted by atomic mass is 10.1. The van der Waals surface area contributed by atoms with Gasteiger partial charge in [0.25, 0.3) is 5.91 Å². The van der Waals surface area contributed by atoms with E-state index in [1.807, 2.05) is 49.4 Å². The van der Waals surface area contributed by atoms with Crippen molar-refractivity contribution in [3.05, 3.63) is 65.5 Å². The third-order valence-corrected chi connectivity index (χ3v) is 4.66. The van der Waals surface area contributed by atoms with Crippen molar-refractivity contribution >= 4 is 16.9 Å². The van der Waals surface area contributed by atoms with Gasteiger partial charge in [-0.2, -0.15) is 0 Å². The number of hydrogen-bond acceptors (Lipinski definition) is 2. The Bertz CT molecular complexity index is 882. The number of benzene rings is 2. The van der Waals surface area contributed by atoms with Gasteiger partial charge < -0.3 is 9.88 Å². The number of carbonyl (C=O) groups excluding carboxylic acids is 1. The van der Waals surface area contributed by atoms with Crippen molar-refractivity contribution in [2.75, 3.05) is 0 Å². The normalized spacial score (nSPS) is 11.0. The summed E-state index contributed by atoms with van der Waals surface area (Å²) in [5.74, 6) is 0.863. The summed E-state index contributed by atoms with van der Waals surface area (Å²) in [6.07, 6.45) is 4.83.